The molecule has 88 valence electrons. The number of nitrogens with one attached hydrogen (secondary N) is 1. The Morgan fingerprint density at radius 1 is 1.31 bits per heavy atom. The predicted octanol–water partition coefficient (Wildman–Crippen LogP) is 3.23. The lowest BCUT2D eigenvalue weighted by Gasteiger charge is -2.16. The Balaban J connectivity index is 1.95. The molecule has 16 heavy (non-hydrogen) atoms. The topological polar surface area (TPSA) is 12.0 Å². The van der Waals surface area contributed by atoms with Crippen LogP contribution in [0.25, 0.3) is 0 Å². The molecule has 1 aliphatic carbocycles. The van der Waals surface area contributed by atoms with Crippen LogP contribution < -0.4 is 5.32 Å². The van der Waals surface area contributed by atoms with Gasteiger partial charge in [0.15, 0.2) is 0 Å². The zero-order valence-electron chi connectivity index (χ0n) is 10.7. The van der Waals surface area contributed by atoms with E-state index in [9.17, 15) is 0 Å². The maximum Gasteiger partial charge on any atom is 0.00954 e. The van der Waals surface area contributed by atoms with Crippen molar-refractivity contribution in [3.05, 3.63) is 34.9 Å². The van der Waals surface area contributed by atoms with Crippen molar-refractivity contribution >= 4 is 0 Å². The van der Waals surface area contributed by atoms with Crippen LogP contribution in [-0.4, -0.2) is 13.1 Å². The average Bonchev–Trinajstić information content (AvgIpc) is 3.09. The van der Waals surface area contributed by atoms with Gasteiger partial charge < -0.3 is 5.32 Å². The summed E-state index contributed by atoms with van der Waals surface area (Å²) in [6, 6.07) is 7.40. The fourth-order valence-electron chi connectivity index (χ4n) is 2.51. The predicted molar refractivity (Wildman–Crippen MR) is 69.8 cm³/mol. The maximum atomic E-state index is 3.47. The molecule has 0 amide bonds. The van der Waals surface area contributed by atoms with E-state index < -0.39 is 0 Å². The maximum absolute atomic E-state index is 3.47. The third-order valence-corrected chi connectivity index (χ3v) is 4.00. The van der Waals surface area contributed by atoms with Gasteiger partial charge in [-0.25, -0.2) is 0 Å². The molecule has 0 aromatic heterocycles. The van der Waals surface area contributed by atoms with Gasteiger partial charge in [0.05, 0.1) is 0 Å². The van der Waals surface area contributed by atoms with E-state index in [1.165, 1.54) is 42.4 Å². The van der Waals surface area contributed by atoms with Gasteiger partial charge in [-0.15, -0.1) is 0 Å². The van der Waals surface area contributed by atoms with E-state index in [1.807, 2.05) is 0 Å². The van der Waals surface area contributed by atoms with Gasteiger partial charge in [-0.1, -0.05) is 18.2 Å². The van der Waals surface area contributed by atoms with Crippen molar-refractivity contribution in [2.24, 2.45) is 5.92 Å². The fraction of sp³-hybridized carbons (Fsp3) is 0.600. The highest BCUT2D eigenvalue weighted by Gasteiger charge is 2.29. The smallest absolute Gasteiger partial charge is 0.00954 e. The molecule has 0 heterocycles. The van der Waals surface area contributed by atoms with Gasteiger partial charge >= 0.3 is 0 Å². The summed E-state index contributed by atoms with van der Waals surface area (Å²) in [5, 5.41) is 3.47. The Labute approximate surface area is 99.3 Å². The molecule has 1 aromatic carbocycles. The molecule has 1 atom stereocenters. The molecule has 2 rings (SSSR count). The molecule has 1 fully saturated rings. The van der Waals surface area contributed by atoms with Gasteiger partial charge in [0.2, 0.25) is 0 Å². The summed E-state index contributed by atoms with van der Waals surface area (Å²) in [5.74, 6) is 0.954. The van der Waals surface area contributed by atoms with Crippen molar-refractivity contribution in [3.8, 4) is 0 Å². The van der Waals surface area contributed by atoms with Crippen LogP contribution in [0, 0.1) is 19.8 Å². The zero-order chi connectivity index (χ0) is 11.5. The lowest BCUT2D eigenvalue weighted by atomic mass is 9.96. The minimum absolute atomic E-state index is 0.736. The SMILES string of the molecule is CNC(CCc1cccc(C)c1C)C1CC1. The molecule has 0 radical (unpaired) electrons. The van der Waals surface area contributed by atoms with Crippen LogP contribution in [0.2, 0.25) is 0 Å². The van der Waals surface area contributed by atoms with Crippen molar-refractivity contribution < 1.29 is 0 Å². The van der Waals surface area contributed by atoms with Crippen LogP contribution in [0.4, 0.5) is 0 Å². The highest BCUT2D eigenvalue weighted by Crippen LogP contribution is 2.34. The first-order valence-electron chi connectivity index (χ1n) is 6.44. The van der Waals surface area contributed by atoms with Crippen LogP contribution in [-0.2, 0) is 6.42 Å². The first kappa shape index (κ1) is 11.7. The van der Waals surface area contributed by atoms with E-state index in [2.05, 4.69) is 44.4 Å². The zero-order valence-corrected chi connectivity index (χ0v) is 10.7. The summed E-state index contributed by atoms with van der Waals surface area (Å²) in [6.45, 7) is 4.45. The minimum Gasteiger partial charge on any atom is -0.317 e. The first-order valence-corrected chi connectivity index (χ1v) is 6.44. The molecule has 1 saturated carbocycles. The largest absolute Gasteiger partial charge is 0.317 e. The summed E-state index contributed by atoms with van der Waals surface area (Å²) in [5.41, 5.74) is 4.43. The first-order chi connectivity index (χ1) is 7.72. The second-order valence-corrected chi connectivity index (χ2v) is 5.13. The van der Waals surface area contributed by atoms with Gasteiger partial charge in [0.25, 0.3) is 0 Å². The summed E-state index contributed by atoms with van der Waals surface area (Å²) in [4.78, 5) is 0. The summed E-state index contributed by atoms with van der Waals surface area (Å²) < 4.78 is 0. The van der Waals surface area contributed by atoms with Crippen molar-refractivity contribution in [2.75, 3.05) is 7.05 Å². The van der Waals surface area contributed by atoms with Crippen LogP contribution in [0.15, 0.2) is 18.2 Å². The number of hydrogen-bond acceptors (Lipinski definition) is 1. The lowest BCUT2D eigenvalue weighted by Crippen LogP contribution is -2.27. The Morgan fingerprint density at radius 2 is 2.06 bits per heavy atom. The molecule has 0 aliphatic heterocycles. The highest BCUT2D eigenvalue weighted by atomic mass is 14.9. The van der Waals surface area contributed by atoms with E-state index in [0.29, 0.717) is 0 Å². The molecule has 1 N–H and O–H groups in total. The van der Waals surface area contributed by atoms with Gasteiger partial charge in [0.1, 0.15) is 0 Å². The number of rotatable bonds is 5. The lowest BCUT2D eigenvalue weighted by molar-refractivity contribution is 0.470. The van der Waals surface area contributed by atoms with Crippen LogP contribution in [0.3, 0.4) is 0 Å². The van der Waals surface area contributed by atoms with Gasteiger partial charge in [0, 0.05) is 6.04 Å². The Hall–Kier alpha value is -0.820. The summed E-state index contributed by atoms with van der Waals surface area (Å²) in [6.07, 6.45) is 5.36. The standard InChI is InChI=1S/C15H23N/c1-11-5-4-6-13(12(11)2)9-10-15(16-3)14-7-8-14/h4-6,14-16H,7-10H2,1-3H3. The van der Waals surface area contributed by atoms with Crippen molar-refractivity contribution in [2.45, 2.75) is 45.6 Å². The molecule has 1 heteroatoms. The summed E-state index contributed by atoms with van der Waals surface area (Å²) >= 11 is 0. The molecule has 0 saturated heterocycles. The van der Waals surface area contributed by atoms with E-state index in [4.69, 9.17) is 0 Å². The Bertz CT molecular complexity index is 352. The molecule has 1 nitrogen and oxygen atoms in total. The van der Waals surface area contributed by atoms with E-state index in [1.54, 1.807) is 0 Å². The monoisotopic (exact) mass is 217 g/mol. The van der Waals surface area contributed by atoms with E-state index >= 15 is 0 Å². The molecular weight excluding hydrogens is 194 g/mol. The van der Waals surface area contributed by atoms with Gasteiger partial charge in [-0.3, -0.25) is 0 Å². The van der Waals surface area contributed by atoms with Gasteiger partial charge in [-0.2, -0.15) is 0 Å². The van der Waals surface area contributed by atoms with Crippen molar-refractivity contribution in [1.82, 2.24) is 5.32 Å². The third-order valence-electron chi connectivity index (χ3n) is 4.00. The normalized spacial score (nSPS) is 17.4. The second kappa shape index (κ2) is 5.01. The van der Waals surface area contributed by atoms with Crippen LogP contribution in [0.1, 0.15) is 36.0 Å². The molecule has 0 spiro atoms. The minimum atomic E-state index is 0.736. The van der Waals surface area contributed by atoms with Crippen LogP contribution in [0.5, 0.6) is 0 Å². The van der Waals surface area contributed by atoms with E-state index in [-0.39, 0.29) is 0 Å². The quantitative estimate of drug-likeness (QED) is 0.798. The molecule has 1 unspecified atom stereocenters. The Kier molecular flexibility index (Phi) is 3.65. The molecule has 0 bridgehead atoms. The van der Waals surface area contributed by atoms with Crippen molar-refractivity contribution in [1.29, 1.82) is 0 Å². The summed E-state index contributed by atoms with van der Waals surface area (Å²) in [7, 11) is 2.10. The molecule has 1 aliphatic rings. The van der Waals surface area contributed by atoms with Crippen molar-refractivity contribution in [3.63, 3.8) is 0 Å². The second-order valence-electron chi connectivity index (χ2n) is 5.13. The fourth-order valence-corrected chi connectivity index (χ4v) is 2.51. The third kappa shape index (κ3) is 2.65. The molecular formula is C15H23N. The highest BCUT2D eigenvalue weighted by molar-refractivity contribution is 5.33. The van der Waals surface area contributed by atoms with E-state index in [0.717, 1.165) is 12.0 Å². The average molecular weight is 217 g/mol. The Morgan fingerprint density at radius 3 is 2.69 bits per heavy atom. The van der Waals surface area contributed by atoms with Crippen LogP contribution >= 0.6 is 0 Å². The number of benzene rings is 1. The molecule has 1 aromatic rings. The van der Waals surface area contributed by atoms with Gasteiger partial charge in [-0.05, 0) is 69.2 Å². The number of hydrogen-bond donors (Lipinski definition) is 1. The number of aryl methyl sites for hydroxylation is 2.